The maximum absolute atomic E-state index is 12.5. The van der Waals surface area contributed by atoms with E-state index in [0.29, 0.717) is 25.9 Å². The number of aliphatic hydroxyl groups is 2. The Morgan fingerprint density at radius 1 is 0.342 bits per heavy atom. The Bertz CT molecular complexity index is 1190. The van der Waals surface area contributed by atoms with Crippen LogP contribution in [0.15, 0.2) is 12.2 Å². The van der Waals surface area contributed by atoms with Crippen molar-refractivity contribution in [2.75, 3.05) is 13.2 Å². The van der Waals surface area contributed by atoms with E-state index in [9.17, 15) is 19.8 Å². The number of allylic oxidation sites excluding steroid dienone is 2. The summed E-state index contributed by atoms with van der Waals surface area (Å²) < 4.78 is 5.51. The van der Waals surface area contributed by atoms with E-state index in [2.05, 4.69) is 31.3 Å². The van der Waals surface area contributed by atoms with Crippen LogP contribution in [0.4, 0.5) is 0 Å². The molecule has 0 spiro atoms. The number of hydrogen-bond donors (Lipinski definition) is 3. The minimum atomic E-state index is -0.664. The van der Waals surface area contributed by atoms with Gasteiger partial charge in [0.1, 0.15) is 0 Å². The fourth-order valence-electron chi connectivity index (χ4n) is 11.8. The molecule has 0 aromatic carbocycles. The highest BCUT2D eigenvalue weighted by atomic mass is 16.5. The number of unbranched alkanes of at least 4 members (excludes halogenated alkanes) is 56. The van der Waals surface area contributed by atoms with Crippen molar-refractivity contribution in [2.45, 2.75) is 431 Å². The van der Waals surface area contributed by atoms with Crippen molar-refractivity contribution in [3.8, 4) is 0 Å². The predicted octanol–water partition coefficient (Wildman–Crippen LogP) is 23.5. The van der Waals surface area contributed by atoms with E-state index in [1.165, 1.54) is 347 Å². The molecule has 0 aliphatic rings. The number of ether oxygens (including phenoxy) is 1. The van der Waals surface area contributed by atoms with E-state index in [-0.39, 0.29) is 18.5 Å². The SMILES string of the molecule is CCCCCCCC/C=C\CCCCCCCCCCCC(=O)OCCCCCCCCCCCCCCCCCCCCCCCCCCC(=O)NC(CO)C(O)CCCCCCCCCCCCCCCCCCCCC. The van der Waals surface area contributed by atoms with Gasteiger partial charge in [0.15, 0.2) is 0 Å². The van der Waals surface area contributed by atoms with Gasteiger partial charge >= 0.3 is 5.97 Å². The van der Waals surface area contributed by atoms with Crippen LogP contribution in [0.25, 0.3) is 0 Å². The highest BCUT2D eigenvalue weighted by Gasteiger charge is 2.20. The first-order chi connectivity index (χ1) is 39.0. The second kappa shape index (κ2) is 69.1. The van der Waals surface area contributed by atoms with E-state index >= 15 is 0 Å². The molecule has 0 saturated heterocycles. The molecule has 2 atom stereocenters. The van der Waals surface area contributed by atoms with Crippen molar-refractivity contribution in [1.29, 1.82) is 0 Å². The monoisotopic (exact) mass is 1110 g/mol. The van der Waals surface area contributed by atoms with Crippen LogP contribution in [-0.4, -0.2) is 47.4 Å². The van der Waals surface area contributed by atoms with Crippen LogP contribution < -0.4 is 5.32 Å². The zero-order valence-corrected chi connectivity index (χ0v) is 53.9. The lowest BCUT2D eigenvalue weighted by atomic mass is 10.0. The number of carbonyl (C=O) groups excluding carboxylic acids is 2. The molecule has 0 aliphatic carbocycles. The van der Waals surface area contributed by atoms with Crippen LogP contribution in [0.3, 0.4) is 0 Å². The van der Waals surface area contributed by atoms with Gasteiger partial charge in [-0.2, -0.15) is 0 Å². The Balaban J connectivity index is 3.35. The molecule has 0 aromatic heterocycles. The summed E-state index contributed by atoms with van der Waals surface area (Å²) in [7, 11) is 0. The molecule has 0 aromatic rings. The molecule has 0 rings (SSSR count). The van der Waals surface area contributed by atoms with Gasteiger partial charge in [0.2, 0.25) is 5.91 Å². The van der Waals surface area contributed by atoms with Gasteiger partial charge in [0.25, 0.3) is 0 Å². The summed E-state index contributed by atoms with van der Waals surface area (Å²) in [6.45, 7) is 5.00. The fraction of sp³-hybridized carbons (Fsp3) is 0.945. The molecule has 2 unspecified atom stereocenters. The fourth-order valence-corrected chi connectivity index (χ4v) is 11.8. The normalized spacial score (nSPS) is 12.5. The Labute approximate surface area is 495 Å². The Morgan fingerprint density at radius 2 is 0.595 bits per heavy atom. The van der Waals surface area contributed by atoms with Gasteiger partial charge in [-0.1, -0.05) is 366 Å². The van der Waals surface area contributed by atoms with Gasteiger partial charge in [-0.3, -0.25) is 9.59 Å². The lowest BCUT2D eigenvalue weighted by molar-refractivity contribution is -0.143. The van der Waals surface area contributed by atoms with Gasteiger partial charge in [-0.05, 0) is 51.4 Å². The van der Waals surface area contributed by atoms with Crippen LogP contribution in [0.5, 0.6) is 0 Å². The van der Waals surface area contributed by atoms with Crippen molar-refractivity contribution in [2.24, 2.45) is 0 Å². The molecule has 0 bridgehead atoms. The van der Waals surface area contributed by atoms with Gasteiger partial charge in [0, 0.05) is 12.8 Å². The summed E-state index contributed by atoms with van der Waals surface area (Å²) in [5, 5.41) is 23.4. The van der Waals surface area contributed by atoms with E-state index in [1.807, 2.05) is 0 Å². The molecule has 6 heteroatoms. The second-order valence-corrected chi connectivity index (χ2v) is 25.3. The molecule has 0 aliphatic heterocycles. The number of amides is 1. The van der Waals surface area contributed by atoms with Crippen molar-refractivity contribution in [1.82, 2.24) is 5.32 Å². The average molecular weight is 1110 g/mol. The topological polar surface area (TPSA) is 95.9 Å². The Hall–Kier alpha value is -1.40. The lowest BCUT2D eigenvalue weighted by Crippen LogP contribution is -2.45. The first kappa shape index (κ1) is 77.6. The molecule has 470 valence electrons. The summed E-state index contributed by atoms with van der Waals surface area (Å²) in [5.74, 6) is -0.0127. The average Bonchev–Trinajstić information content (AvgIpc) is 3.45. The van der Waals surface area contributed by atoms with Crippen molar-refractivity contribution >= 4 is 11.9 Å². The maximum Gasteiger partial charge on any atom is 0.305 e. The Morgan fingerprint density at radius 3 is 0.899 bits per heavy atom. The van der Waals surface area contributed by atoms with E-state index in [0.717, 1.165) is 38.5 Å². The third-order valence-corrected chi connectivity index (χ3v) is 17.3. The zero-order valence-electron chi connectivity index (χ0n) is 53.9. The summed E-state index contributed by atoms with van der Waals surface area (Å²) in [6.07, 6.45) is 85.5. The predicted molar refractivity (Wildman–Crippen MR) is 347 cm³/mol. The number of esters is 1. The number of rotatable bonds is 69. The molecule has 0 fully saturated rings. The van der Waals surface area contributed by atoms with Crippen molar-refractivity contribution < 1.29 is 24.5 Å². The lowest BCUT2D eigenvalue weighted by Gasteiger charge is -2.22. The highest BCUT2D eigenvalue weighted by Crippen LogP contribution is 2.19. The van der Waals surface area contributed by atoms with Crippen molar-refractivity contribution in [3.05, 3.63) is 12.2 Å². The summed E-state index contributed by atoms with van der Waals surface area (Å²) >= 11 is 0. The number of carbonyl (C=O) groups is 2. The van der Waals surface area contributed by atoms with E-state index < -0.39 is 12.1 Å². The van der Waals surface area contributed by atoms with Crippen LogP contribution in [-0.2, 0) is 14.3 Å². The first-order valence-corrected chi connectivity index (χ1v) is 36.4. The standard InChI is InChI=1S/C73H143NO5/c1-3-5-7-9-11-13-15-17-19-21-29-33-37-41-45-49-53-57-61-65-71(76)70(69-75)74-72(77)66-62-58-54-50-46-42-38-34-31-27-25-23-24-26-28-32-36-40-44-48-52-56-60-64-68-79-73(78)67-63-59-55-51-47-43-39-35-30-22-20-18-16-14-12-10-8-6-4-2/h18,20,70-71,75-76H,3-17,19,21-69H2,1-2H3,(H,74,77)/b20-18-. The third-order valence-electron chi connectivity index (χ3n) is 17.3. The summed E-state index contributed by atoms with van der Waals surface area (Å²) in [5.41, 5.74) is 0. The minimum Gasteiger partial charge on any atom is -0.466 e. The van der Waals surface area contributed by atoms with Gasteiger partial charge < -0.3 is 20.3 Å². The molecular weight excluding hydrogens is 971 g/mol. The van der Waals surface area contributed by atoms with Crippen molar-refractivity contribution in [3.63, 3.8) is 0 Å². The van der Waals surface area contributed by atoms with Gasteiger partial charge in [-0.15, -0.1) is 0 Å². The molecule has 79 heavy (non-hydrogen) atoms. The second-order valence-electron chi connectivity index (χ2n) is 25.3. The maximum atomic E-state index is 12.5. The molecular formula is C73H143NO5. The minimum absolute atomic E-state index is 0.0164. The molecule has 0 heterocycles. The Kier molecular flexibility index (Phi) is 67.9. The van der Waals surface area contributed by atoms with Gasteiger partial charge in [0.05, 0.1) is 25.4 Å². The number of nitrogens with one attached hydrogen (secondary N) is 1. The molecule has 6 nitrogen and oxygen atoms in total. The van der Waals surface area contributed by atoms with Gasteiger partial charge in [-0.25, -0.2) is 0 Å². The van der Waals surface area contributed by atoms with Crippen LogP contribution in [0, 0.1) is 0 Å². The number of hydrogen-bond acceptors (Lipinski definition) is 5. The van der Waals surface area contributed by atoms with E-state index in [4.69, 9.17) is 4.74 Å². The quantitative estimate of drug-likeness (QED) is 0.0320. The molecule has 0 radical (unpaired) electrons. The van der Waals surface area contributed by atoms with E-state index in [1.54, 1.807) is 0 Å². The summed E-state index contributed by atoms with van der Waals surface area (Å²) in [4.78, 5) is 24.7. The molecule has 3 N–H and O–H groups in total. The van der Waals surface area contributed by atoms with Crippen LogP contribution in [0.2, 0.25) is 0 Å². The van der Waals surface area contributed by atoms with Crippen LogP contribution in [0.1, 0.15) is 418 Å². The largest absolute Gasteiger partial charge is 0.466 e. The smallest absolute Gasteiger partial charge is 0.305 e. The molecule has 1 amide bonds. The summed E-state index contributed by atoms with van der Waals surface area (Å²) in [6, 6.07) is -0.541. The molecule has 0 saturated carbocycles. The zero-order chi connectivity index (χ0) is 57.1. The first-order valence-electron chi connectivity index (χ1n) is 36.4. The third kappa shape index (κ3) is 65.6. The highest BCUT2D eigenvalue weighted by molar-refractivity contribution is 5.76. The number of aliphatic hydroxyl groups excluding tert-OH is 2. The van der Waals surface area contributed by atoms with Crippen LogP contribution >= 0.6 is 0 Å².